The number of anilines is 1. The zero-order valence-electron chi connectivity index (χ0n) is 15.6. The van der Waals surface area contributed by atoms with E-state index in [1.54, 1.807) is 24.1 Å². The van der Waals surface area contributed by atoms with Gasteiger partial charge in [0.25, 0.3) is 0 Å². The minimum atomic E-state index is -0.317. The van der Waals surface area contributed by atoms with Crippen LogP contribution >= 0.6 is 15.9 Å². The van der Waals surface area contributed by atoms with E-state index in [9.17, 15) is 14.4 Å². The normalized spacial score (nSPS) is 10.1. The third-order valence-corrected chi connectivity index (χ3v) is 4.34. The molecule has 0 aliphatic heterocycles. The van der Waals surface area contributed by atoms with Crippen LogP contribution in [0.15, 0.2) is 59.1 Å². The van der Waals surface area contributed by atoms with Gasteiger partial charge in [-0.05, 0) is 29.8 Å². The van der Waals surface area contributed by atoms with Gasteiger partial charge in [-0.3, -0.25) is 9.59 Å². The van der Waals surface area contributed by atoms with Gasteiger partial charge in [-0.25, -0.2) is 4.79 Å². The Bertz CT molecular complexity index is 797. The second-order valence-corrected chi connectivity index (χ2v) is 7.07. The summed E-state index contributed by atoms with van der Waals surface area (Å²) >= 11 is 3.32. The van der Waals surface area contributed by atoms with Crippen LogP contribution in [0, 0.1) is 0 Å². The van der Waals surface area contributed by atoms with Crippen molar-refractivity contribution in [2.24, 2.45) is 0 Å². The summed E-state index contributed by atoms with van der Waals surface area (Å²) in [5.74, 6) is -0.626. The summed E-state index contributed by atoms with van der Waals surface area (Å²) < 4.78 is 0.912. The molecule has 0 fully saturated rings. The number of halogens is 1. The maximum absolute atomic E-state index is 12.0. The minimum Gasteiger partial charge on any atom is -0.347 e. The average Bonchev–Trinajstić information content (AvgIpc) is 2.69. The van der Waals surface area contributed by atoms with Crippen molar-refractivity contribution < 1.29 is 14.4 Å². The average molecular weight is 447 g/mol. The first-order chi connectivity index (χ1) is 13.4. The monoisotopic (exact) mass is 446 g/mol. The molecule has 0 spiro atoms. The molecule has 0 radical (unpaired) electrons. The topological polar surface area (TPSA) is 90.5 Å². The Morgan fingerprint density at radius 1 is 0.929 bits per heavy atom. The van der Waals surface area contributed by atoms with Crippen molar-refractivity contribution in [3.05, 3.63) is 64.6 Å². The first-order valence-corrected chi connectivity index (χ1v) is 9.58. The Kier molecular flexibility index (Phi) is 8.48. The highest BCUT2D eigenvalue weighted by Crippen LogP contribution is 2.13. The molecule has 4 amide bonds. The number of nitrogens with zero attached hydrogens (tertiary/aromatic N) is 1. The number of urea groups is 1. The third kappa shape index (κ3) is 7.79. The maximum Gasteiger partial charge on any atom is 0.317 e. The third-order valence-electron chi connectivity index (χ3n) is 3.81. The molecule has 2 aromatic rings. The van der Waals surface area contributed by atoms with Gasteiger partial charge >= 0.3 is 6.03 Å². The smallest absolute Gasteiger partial charge is 0.317 e. The number of amides is 4. The molecule has 0 aromatic heterocycles. The molecule has 0 saturated carbocycles. The van der Waals surface area contributed by atoms with E-state index >= 15 is 0 Å². The van der Waals surface area contributed by atoms with E-state index in [0.717, 1.165) is 10.0 Å². The number of hydrogen-bond acceptors (Lipinski definition) is 3. The zero-order chi connectivity index (χ0) is 20.4. The summed E-state index contributed by atoms with van der Waals surface area (Å²) in [6.07, 6.45) is 0.0937. The maximum atomic E-state index is 12.0. The predicted octanol–water partition coefficient (Wildman–Crippen LogP) is 2.74. The minimum absolute atomic E-state index is 0.0937. The molecule has 0 atom stereocenters. The second kappa shape index (κ2) is 11.1. The second-order valence-electron chi connectivity index (χ2n) is 6.16. The fraction of sp³-hybridized carbons (Fsp3) is 0.250. The van der Waals surface area contributed by atoms with E-state index in [-0.39, 0.29) is 37.4 Å². The van der Waals surface area contributed by atoms with Crippen molar-refractivity contribution >= 4 is 39.5 Å². The lowest BCUT2D eigenvalue weighted by Crippen LogP contribution is -2.39. The van der Waals surface area contributed by atoms with Crippen LogP contribution in [0.4, 0.5) is 10.5 Å². The molecule has 0 aliphatic rings. The van der Waals surface area contributed by atoms with Crippen LogP contribution in [-0.2, 0) is 16.1 Å². The van der Waals surface area contributed by atoms with Crippen LogP contribution in [0.25, 0.3) is 0 Å². The van der Waals surface area contributed by atoms with E-state index in [2.05, 4.69) is 31.9 Å². The molecule has 0 bridgehead atoms. The molecule has 28 heavy (non-hydrogen) atoms. The van der Waals surface area contributed by atoms with Gasteiger partial charge in [0.15, 0.2) is 0 Å². The molecule has 7 nitrogen and oxygen atoms in total. The Morgan fingerprint density at radius 2 is 1.61 bits per heavy atom. The molecule has 0 unspecified atom stereocenters. The van der Waals surface area contributed by atoms with Gasteiger partial charge in [-0.15, -0.1) is 0 Å². The van der Waals surface area contributed by atoms with E-state index in [0.29, 0.717) is 12.2 Å². The van der Waals surface area contributed by atoms with Crippen LogP contribution < -0.4 is 16.0 Å². The highest BCUT2D eigenvalue weighted by atomic mass is 79.9. The molecule has 8 heteroatoms. The summed E-state index contributed by atoms with van der Waals surface area (Å²) in [4.78, 5) is 37.2. The largest absolute Gasteiger partial charge is 0.347 e. The quantitative estimate of drug-likeness (QED) is 0.582. The lowest BCUT2D eigenvalue weighted by Gasteiger charge is -2.18. The summed E-state index contributed by atoms with van der Waals surface area (Å²) in [5.41, 5.74) is 1.67. The number of carbonyl (C=O) groups is 3. The molecule has 0 heterocycles. The number of carbonyl (C=O) groups excluding carboxylic acids is 3. The van der Waals surface area contributed by atoms with Crippen LogP contribution in [0.2, 0.25) is 0 Å². The van der Waals surface area contributed by atoms with Gasteiger partial charge in [0.2, 0.25) is 11.8 Å². The van der Waals surface area contributed by atoms with Gasteiger partial charge in [0.1, 0.15) is 0 Å². The van der Waals surface area contributed by atoms with Crippen molar-refractivity contribution in [3.8, 4) is 0 Å². The van der Waals surface area contributed by atoms with E-state index in [4.69, 9.17) is 0 Å². The molecule has 3 N–H and O–H groups in total. The van der Waals surface area contributed by atoms with Gasteiger partial charge < -0.3 is 20.9 Å². The summed E-state index contributed by atoms with van der Waals surface area (Å²) in [6.45, 7) is 0.546. The first-order valence-electron chi connectivity index (χ1n) is 8.79. The molecule has 2 aromatic carbocycles. The molecular formula is C20H23BrN4O3. The van der Waals surface area contributed by atoms with Crippen molar-refractivity contribution in [2.75, 3.05) is 25.5 Å². The van der Waals surface area contributed by atoms with E-state index in [1.165, 1.54) is 0 Å². The van der Waals surface area contributed by atoms with Crippen LogP contribution in [0.3, 0.4) is 0 Å². The Balaban J connectivity index is 1.61. The summed E-state index contributed by atoms with van der Waals surface area (Å²) in [5, 5.41) is 7.91. The summed E-state index contributed by atoms with van der Waals surface area (Å²) in [6, 6.07) is 16.5. The highest BCUT2D eigenvalue weighted by molar-refractivity contribution is 9.10. The lowest BCUT2D eigenvalue weighted by atomic mass is 10.2. The molecule has 2 rings (SSSR count). The van der Waals surface area contributed by atoms with Crippen LogP contribution in [0.5, 0.6) is 0 Å². The van der Waals surface area contributed by atoms with Gasteiger partial charge in [0, 0.05) is 36.7 Å². The molecule has 148 valence electrons. The predicted molar refractivity (Wildman–Crippen MR) is 112 cm³/mol. The van der Waals surface area contributed by atoms with Crippen molar-refractivity contribution in [3.63, 3.8) is 0 Å². The van der Waals surface area contributed by atoms with E-state index < -0.39 is 0 Å². The van der Waals surface area contributed by atoms with Gasteiger partial charge in [0.05, 0.1) is 6.54 Å². The first kappa shape index (κ1) is 21.4. The number of benzene rings is 2. The Morgan fingerprint density at radius 3 is 2.29 bits per heavy atom. The fourth-order valence-electron chi connectivity index (χ4n) is 2.35. The lowest BCUT2D eigenvalue weighted by molar-refractivity contribution is -0.124. The van der Waals surface area contributed by atoms with Crippen molar-refractivity contribution in [1.29, 1.82) is 0 Å². The highest BCUT2D eigenvalue weighted by Gasteiger charge is 2.10. The van der Waals surface area contributed by atoms with Crippen molar-refractivity contribution in [1.82, 2.24) is 15.5 Å². The molecule has 0 saturated heterocycles. The standard InChI is InChI=1S/C20H23BrN4O3/c1-25(14-15-5-3-2-4-6-15)20(28)22-12-11-18(26)23-13-19(27)24-17-9-7-16(21)8-10-17/h2-10H,11-14H2,1H3,(H,22,28)(H,23,26)(H,24,27). The Hall–Kier alpha value is -2.87. The van der Waals surface area contributed by atoms with Crippen molar-refractivity contribution in [2.45, 2.75) is 13.0 Å². The fourth-order valence-corrected chi connectivity index (χ4v) is 2.62. The van der Waals surface area contributed by atoms with Crippen LogP contribution in [0.1, 0.15) is 12.0 Å². The molecular weight excluding hydrogens is 424 g/mol. The van der Waals surface area contributed by atoms with Crippen LogP contribution in [-0.4, -0.2) is 42.9 Å². The molecule has 0 aliphatic carbocycles. The number of hydrogen-bond donors (Lipinski definition) is 3. The summed E-state index contributed by atoms with van der Waals surface area (Å²) in [7, 11) is 1.69. The number of rotatable bonds is 8. The SMILES string of the molecule is CN(Cc1ccccc1)C(=O)NCCC(=O)NCC(=O)Nc1ccc(Br)cc1. The number of nitrogens with one attached hydrogen (secondary N) is 3. The van der Waals surface area contributed by atoms with Gasteiger partial charge in [-0.2, -0.15) is 0 Å². The zero-order valence-corrected chi connectivity index (χ0v) is 17.2. The van der Waals surface area contributed by atoms with E-state index in [1.807, 2.05) is 42.5 Å². The van der Waals surface area contributed by atoms with Gasteiger partial charge in [-0.1, -0.05) is 46.3 Å². The Labute approximate surface area is 172 Å².